The second-order valence-corrected chi connectivity index (χ2v) is 9.29. The first-order chi connectivity index (χ1) is 17.7. The van der Waals surface area contributed by atoms with Crippen LogP contribution in [-0.4, -0.2) is 43.6 Å². The van der Waals surface area contributed by atoms with E-state index in [1.807, 2.05) is 42.5 Å². The first-order valence-electron chi connectivity index (χ1n) is 12.6. The highest BCUT2D eigenvalue weighted by Crippen LogP contribution is 2.30. The van der Waals surface area contributed by atoms with Crippen LogP contribution in [0.3, 0.4) is 0 Å². The lowest BCUT2D eigenvalue weighted by Gasteiger charge is -2.32. The van der Waals surface area contributed by atoms with Crippen molar-refractivity contribution in [3.8, 4) is 11.5 Å². The number of ether oxygens (including phenoxy) is 3. The predicted octanol–water partition coefficient (Wildman–Crippen LogP) is 5.32. The Bertz CT molecular complexity index is 1230. The molecule has 0 aromatic heterocycles. The lowest BCUT2D eigenvalue weighted by atomic mass is 9.87. The van der Waals surface area contributed by atoms with Crippen LogP contribution in [0.25, 0.3) is 10.8 Å². The molecule has 186 valence electrons. The van der Waals surface area contributed by atoms with Crippen molar-refractivity contribution < 1.29 is 19.3 Å². The number of aliphatic hydroxyl groups is 1. The van der Waals surface area contributed by atoms with E-state index in [9.17, 15) is 5.11 Å². The molecule has 0 bridgehead atoms. The first kappa shape index (κ1) is 24.3. The Hall–Kier alpha value is -3.38. The van der Waals surface area contributed by atoms with E-state index in [4.69, 9.17) is 14.2 Å². The Morgan fingerprint density at radius 2 is 1.47 bits per heavy atom. The fraction of sp³-hybridized carbons (Fsp3) is 0.290. The average molecular weight is 484 g/mol. The van der Waals surface area contributed by atoms with Crippen LogP contribution < -0.4 is 14.8 Å². The Labute approximate surface area is 212 Å². The molecule has 3 atom stereocenters. The molecule has 0 spiro atoms. The van der Waals surface area contributed by atoms with Crippen molar-refractivity contribution in [3.05, 3.63) is 108 Å². The number of para-hydroxylation sites is 1. The van der Waals surface area contributed by atoms with Gasteiger partial charge in [-0.2, -0.15) is 0 Å². The van der Waals surface area contributed by atoms with Gasteiger partial charge in [0, 0.05) is 12.5 Å². The van der Waals surface area contributed by atoms with E-state index in [1.54, 1.807) is 0 Å². The normalized spacial score (nSPS) is 18.6. The number of piperidine rings is 1. The van der Waals surface area contributed by atoms with Gasteiger partial charge in [-0.3, -0.25) is 0 Å². The van der Waals surface area contributed by atoms with Gasteiger partial charge in [-0.1, -0.05) is 66.7 Å². The van der Waals surface area contributed by atoms with E-state index in [2.05, 4.69) is 59.9 Å². The van der Waals surface area contributed by atoms with Crippen LogP contribution in [-0.2, 0) is 11.3 Å². The van der Waals surface area contributed by atoms with Crippen molar-refractivity contribution in [2.75, 3.05) is 26.3 Å². The van der Waals surface area contributed by atoms with Gasteiger partial charge >= 0.3 is 0 Å². The maximum Gasteiger partial charge on any atom is 0.122 e. The summed E-state index contributed by atoms with van der Waals surface area (Å²) < 4.78 is 17.8. The summed E-state index contributed by atoms with van der Waals surface area (Å²) in [6.07, 6.45) is 0.425. The number of benzene rings is 4. The molecule has 3 unspecified atom stereocenters. The first-order valence-corrected chi connectivity index (χ1v) is 12.6. The molecule has 0 saturated carbocycles. The Morgan fingerprint density at radius 3 is 2.25 bits per heavy atom. The number of hydrogen-bond acceptors (Lipinski definition) is 5. The molecule has 5 rings (SSSR count). The molecule has 1 fully saturated rings. The molecule has 36 heavy (non-hydrogen) atoms. The maximum absolute atomic E-state index is 10.2. The molecule has 1 heterocycles. The zero-order valence-corrected chi connectivity index (χ0v) is 20.4. The summed E-state index contributed by atoms with van der Waals surface area (Å²) >= 11 is 0. The minimum Gasteiger partial charge on any atom is -0.491 e. The average Bonchev–Trinajstić information content (AvgIpc) is 2.95. The minimum atomic E-state index is -0.706. The summed E-state index contributed by atoms with van der Waals surface area (Å²) in [4.78, 5) is 0. The van der Waals surface area contributed by atoms with Gasteiger partial charge in [0.1, 0.15) is 30.8 Å². The lowest BCUT2D eigenvalue weighted by molar-refractivity contribution is 0.0106. The van der Waals surface area contributed by atoms with Gasteiger partial charge in [-0.05, 0) is 65.2 Å². The van der Waals surface area contributed by atoms with Gasteiger partial charge in [-0.25, -0.2) is 0 Å². The molecule has 0 radical (unpaired) electrons. The molecule has 1 aliphatic rings. The molecular weight excluding hydrogens is 450 g/mol. The number of rotatable bonds is 10. The van der Waals surface area contributed by atoms with E-state index in [0.29, 0.717) is 12.5 Å². The zero-order chi connectivity index (χ0) is 24.6. The van der Waals surface area contributed by atoms with Crippen molar-refractivity contribution in [2.45, 2.75) is 31.2 Å². The molecular formula is C31H33NO4. The molecule has 0 amide bonds. The van der Waals surface area contributed by atoms with Crippen LogP contribution in [0.2, 0.25) is 0 Å². The summed E-state index contributed by atoms with van der Waals surface area (Å²) in [6.45, 7) is 2.78. The monoisotopic (exact) mass is 483 g/mol. The van der Waals surface area contributed by atoms with Crippen molar-refractivity contribution in [1.29, 1.82) is 0 Å². The van der Waals surface area contributed by atoms with Gasteiger partial charge in [0.15, 0.2) is 0 Å². The molecule has 4 aromatic carbocycles. The zero-order valence-electron chi connectivity index (χ0n) is 20.4. The van der Waals surface area contributed by atoms with Crippen molar-refractivity contribution >= 4 is 10.8 Å². The minimum absolute atomic E-state index is 0.106. The summed E-state index contributed by atoms with van der Waals surface area (Å²) in [5.41, 5.74) is 2.44. The molecule has 1 aliphatic heterocycles. The Kier molecular flexibility index (Phi) is 8.13. The molecule has 5 heteroatoms. The van der Waals surface area contributed by atoms with E-state index < -0.39 is 6.10 Å². The molecule has 5 nitrogen and oxygen atoms in total. The Balaban J connectivity index is 1.14. The second kappa shape index (κ2) is 12.0. The van der Waals surface area contributed by atoms with Crippen LogP contribution >= 0.6 is 0 Å². The van der Waals surface area contributed by atoms with Gasteiger partial charge in [0.2, 0.25) is 0 Å². The number of nitrogens with one attached hydrogen (secondary N) is 1. The van der Waals surface area contributed by atoms with E-state index in [1.165, 1.54) is 21.9 Å². The van der Waals surface area contributed by atoms with Crippen LogP contribution in [0, 0.1) is 0 Å². The van der Waals surface area contributed by atoms with Gasteiger partial charge in [0.05, 0.1) is 12.7 Å². The molecule has 1 saturated heterocycles. The number of hydrogen-bond donors (Lipinski definition) is 2. The van der Waals surface area contributed by atoms with Crippen LogP contribution in [0.4, 0.5) is 0 Å². The summed E-state index contributed by atoms with van der Waals surface area (Å²) in [5.74, 6) is 1.80. The van der Waals surface area contributed by atoms with Crippen molar-refractivity contribution in [2.24, 2.45) is 0 Å². The largest absolute Gasteiger partial charge is 0.491 e. The smallest absolute Gasteiger partial charge is 0.122 e. The Morgan fingerprint density at radius 1 is 0.778 bits per heavy atom. The SMILES string of the molecule is OC(COc1ccccc1)COc1ccc(C2CCNCC2OCc2ccc3ccccc3c2)cc1. The summed E-state index contributed by atoms with van der Waals surface area (Å²) in [7, 11) is 0. The third-order valence-electron chi connectivity index (χ3n) is 6.64. The number of fused-ring (bicyclic) bond motifs is 1. The highest BCUT2D eigenvalue weighted by molar-refractivity contribution is 5.82. The van der Waals surface area contributed by atoms with Gasteiger partial charge in [0.25, 0.3) is 0 Å². The van der Waals surface area contributed by atoms with E-state index in [0.717, 1.165) is 31.0 Å². The fourth-order valence-corrected chi connectivity index (χ4v) is 4.68. The lowest BCUT2D eigenvalue weighted by Crippen LogP contribution is -2.40. The van der Waals surface area contributed by atoms with E-state index >= 15 is 0 Å². The standard InChI is InChI=1S/C31H33NO4/c33-27(21-34-28-8-2-1-3-9-28)22-35-29-14-12-25(13-15-29)30-16-17-32-19-31(30)36-20-23-10-11-24-6-4-5-7-26(24)18-23/h1-15,18,27,30-33H,16-17,19-22H2. The van der Waals surface area contributed by atoms with Crippen molar-refractivity contribution in [3.63, 3.8) is 0 Å². The predicted molar refractivity (Wildman–Crippen MR) is 143 cm³/mol. The molecule has 2 N–H and O–H groups in total. The maximum atomic E-state index is 10.2. The highest BCUT2D eigenvalue weighted by atomic mass is 16.5. The molecule has 0 aliphatic carbocycles. The summed E-state index contributed by atoms with van der Waals surface area (Å²) in [5, 5.41) is 16.2. The quantitative estimate of drug-likeness (QED) is 0.320. The third-order valence-corrected chi connectivity index (χ3v) is 6.64. The third kappa shape index (κ3) is 6.43. The van der Waals surface area contributed by atoms with Crippen LogP contribution in [0.15, 0.2) is 97.1 Å². The fourth-order valence-electron chi connectivity index (χ4n) is 4.68. The number of aliphatic hydroxyl groups excluding tert-OH is 1. The van der Waals surface area contributed by atoms with Crippen molar-refractivity contribution in [1.82, 2.24) is 5.32 Å². The molecule has 4 aromatic rings. The van der Waals surface area contributed by atoms with E-state index in [-0.39, 0.29) is 19.3 Å². The van der Waals surface area contributed by atoms with Gasteiger partial charge in [-0.15, -0.1) is 0 Å². The van der Waals surface area contributed by atoms with Gasteiger partial charge < -0.3 is 24.6 Å². The van der Waals surface area contributed by atoms with Crippen LogP contribution in [0.1, 0.15) is 23.5 Å². The topological polar surface area (TPSA) is 60.0 Å². The van der Waals surface area contributed by atoms with Crippen LogP contribution in [0.5, 0.6) is 11.5 Å². The second-order valence-electron chi connectivity index (χ2n) is 9.29. The highest BCUT2D eigenvalue weighted by Gasteiger charge is 2.27. The summed E-state index contributed by atoms with van der Waals surface area (Å²) in [6, 6.07) is 32.6.